The average Bonchev–Trinajstić information content (AvgIpc) is 2.65. The Labute approximate surface area is 114 Å². The number of aliphatic hydroxyl groups is 1. The number of ether oxygens (including phenoxy) is 1. The third kappa shape index (κ3) is 2.26. The molecule has 2 aromatic rings. The summed E-state index contributed by atoms with van der Waals surface area (Å²) in [5, 5.41) is 9.40. The van der Waals surface area contributed by atoms with Crippen LogP contribution in [0.25, 0.3) is 11.3 Å². The van der Waals surface area contributed by atoms with Crippen molar-refractivity contribution in [1.29, 1.82) is 0 Å². The summed E-state index contributed by atoms with van der Waals surface area (Å²) in [6.45, 7) is 6.23. The molecule has 0 aliphatic rings. The molecule has 102 valence electrons. The highest BCUT2D eigenvalue weighted by Crippen LogP contribution is 2.36. The molecule has 0 fully saturated rings. The predicted molar refractivity (Wildman–Crippen MR) is 77.5 cm³/mol. The second-order valence-electron chi connectivity index (χ2n) is 5.02. The van der Waals surface area contributed by atoms with E-state index >= 15 is 0 Å². The van der Waals surface area contributed by atoms with Crippen LogP contribution in [-0.4, -0.2) is 16.8 Å². The molecule has 0 saturated carbocycles. The molecule has 0 saturated heterocycles. The minimum Gasteiger partial charge on any atom is -0.496 e. The normalized spacial score (nSPS) is 10.8. The predicted octanol–water partition coefficient (Wildman–Crippen LogP) is 3.12. The molecular formula is C16H21NO2. The Balaban J connectivity index is 2.71. The molecule has 0 unspecified atom stereocenters. The molecule has 0 spiro atoms. The van der Waals surface area contributed by atoms with Gasteiger partial charge in [0, 0.05) is 18.3 Å². The van der Waals surface area contributed by atoms with Gasteiger partial charge in [-0.2, -0.15) is 0 Å². The van der Waals surface area contributed by atoms with E-state index in [0.717, 1.165) is 28.3 Å². The Morgan fingerprint density at radius 3 is 2.37 bits per heavy atom. The van der Waals surface area contributed by atoms with Crippen molar-refractivity contribution in [1.82, 2.24) is 4.57 Å². The van der Waals surface area contributed by atoms with Crippen molar-refractivity contribution in [2.24, 2.45) is 7.05 Å². The lowest BCUT2D eigenvalue weighted by Crippen LogP contribution is -1.99. The summed E-state index contributed by atoms with van der Waals surface area (Å²) in [7, 11) is 3.71. The lowest BCUT2D eigenvalue weighted by Gasteiger charge is -2.14. The fourth-order valence-corrected chi connectivity index (χ4v) is 2.58. The number of methoxy groups -OCH3 is 1. The summed E-state index contributed by atoms with van der Waals surface area (Å²) in [6.07, 6.45) is 0. The number of hydrogen-bond acceptors (Lipinski definition) is 2. The molecule has 1 aromatic heterocycles. The summed E-state index contributed by atoms with van der Waals surface area (Å²) in [6, 6.07) is 6.23. The van der Waals surface area contributed by atoms with Crippen LogP contribution in [0, 0.1) is 20.8 Å². The first-order valence-corrected chi connectivity index (χ1v) is 6.41. The zero-order valence-corrected chi connectivity index (χ0v) is 12.2. The van der Waals surface area contributed by atoms with Crippen LogP contribution in [0.1, 0.15) is 22.4 Å². The first-order valence-electron chi connectivity index (χ1n) is 6.41. The lowest BCUT2D eigenvalue weighted by molar-refractivity contribution is 0.281. The Hall–Kier alpha value is -1.74. The molecule has 2 rings (SSSR count). The van der Waals surface area contributed by atoms with Gasteiger partial charge in [-0.05, 0) is 49.6 Å². The molecule has 0 aliphatic carbocycles. The van der Waals surface area contributed by atoms with Crippen LogP contribution in [0.5, 0.6) is 5.75 Å². The molecular weight excluding hydrogens is 238 g/mol. The third-order valence-electron chi connectivity index (χ3n) is 3.73. The minimum atomic E-state index is 0.0624. The molecule has 1 heterocycles. The standard InChI is InChI=1S/C16H21NO2/c1-10-6-11(2)16(15(7-10)19-5)14-8-13(9-18)12(3)17(14)4/h6-8,18H,9H2,1-5H3. The molecule has 0 amide bonds. The van der Waals surface area contributed by atoms with Crippen LogP contribution >= 0.6 is 0 Å². The summed E-state index contributed by atoms with van der Waals surface area (Å²) in [5.74, 6) is 0.877. The van der Waals surface area contributed by atoms with E-state index < -0.39 is 0 Å². The topological polar surface area (TPSA) is 34.4 Å². The van der Waals surface area contributed by atoms with Crippen molar-refractivity contribution in [2.45, 2.75) is 27.4 Å². The smallest absolute Gasteiger partial charge is 0.128 e. The zero-order valence-electron chi connectivity index (χ0n) is 12.2. The Morgan fingerprint density at radius 1 is 1.16 bits per heavy atom. The van der Waals surface area contributed by atoms with Crippen LogP contribution < -0.4 is 4.74 Å². The van der Waals surface area contributed by atoms with Crippen LogP contribution in [-0.2, 0) is 13.7 Å². The molecule has 0 aliphatic heterocycles. The van der Waals surface area contributed by atoms with Crippen LogP contribution in [0.2, 0.25) is 0 Å². The van der Waals surface area contributed by atoms with Gasteiger partial charge in [-0.3, -0.25) is 0 Å². The maximum atomic E-state index is 9.40. The Morgan fingerprint density at radius 2 is 1.84 bits per heavy atom. The van der Waals surface area contributed by atoms with E-state index in [1.165, 1.54) is 11.1 Å². The number of hydrogen-bond donors (Lipinski definition) is 1. The van der Waals surface area contributed by atoms with Gasteiger partial charge in [-0.15, -0.1) is 0 Å². The van der Waals surface area contributed by atoms with E-state index in [2.05, 4.69) is 24.5 Å². The van der Waals surface area contributed by atoms with E-state index in [0.29, 0.717) is 0 Å². The number of benzene rings is 1. The van der Waals surface area contributed by atoms with Crippen molar-refractivity contribution in [3.63, 3.8) is 0 Å². The van der Waals surface area contributed by atoms with Crippen molar-refractivity contribution < 1.29 is 9.84 Å². The summed E-state index contributed by atoms with van der Waals surface area (Å²) >= 11 is 0. The minimum absolute atomic E-state index is 0.0624. The van der Waals surface area contributed by atoms with E-state index in [9.17, 15) is 5.11 Å². The van der Waals surface area contributed by atoms with Crippen molar-refractivity contribution in [2.75, 3.05) is 7.11 Å². The molecule has 19 heavy (non-hydrogen) atoms. The summed E-state index contributed by atoms with van der Waals surface area (Å²) < 4.78 is 7.63. The van der Waals surface area contributed by atoms with Gasteiger partial charge in [0.1, 0.15) is 5.75 Å². The van der Waals surface area contributed by atoms with Crippen LogP contribution in [0.3, 0.4) is 0 Å². The number of nitrogens with zero attached hydrogens (tertiary/aromatic N) is 1. The maximum absolute atomic E-state index is 9.40. The average molecular weight is 259 g/mol. The highest BCUT2D eigenvalue weighted by Gasteiger charge is 2.16. The van der Waals surface area contributed by atoms with E-state index in [1.54, 1.807) is 7.11 Å². The molecule has 0 atom stereocenters. The number of aromatic nitrogens is 1. The lowest BCUT2D eigenvalue weighted by atomic mass is 10.0. The largest absolute Gasteiger partial charge is 0.496 e. The summed E-state index contributed by atoms with van der Waals surface area (Å²) in [4.78, 5) is 0. The summed E-state index contributed by atoms with van der Waals surface area (Å²) in [5.41, 5.74) is 6.58. The zero-order chi connectivity index (χ0) is 14.2. The monoisotopic (exact) mass is 259 g/mol. The van der Waals surface area contributed by atoms with Gasteiger partial charge in [0.25, 0.3) is 0 Å². The van der Waals surface area contributed by atoms with Crippen LogP contribution in [0.15, 0.2) is 18.2 Å². The number of aliphatic hydroxyl groups excluding tert-OH is 1. The van der Waals surface area contributed by atoms with Gasteiger partial charge in [0.15, 0.2) is 0 Å². The third-order valence-corrected chi connectivity index (χ3v) is 3.73. The molecule has 0 radical (unpaired) electrons. The van der Waals surface area contributed by atoms with E-state index in [4.69, 9.17) is 4.74 Å². The quantitative estimate of drug-likeness (QED) is 0.919. The molecule has 3 heteroatoms. The van der Waals surface area contributed by atoms with Gasteiger partial charge < -0.3 is 14.4 Å². The number of aryl methyl sites for hydroxylation is 2. The maximum Gasteiger partial charge on any atom is 0.128 e. The van der Waals surface area contributed by atoms with Crippen molar-refractivity contribution in [3.8, 4) is 17.0 Å². The van der Waals surface area contributed by atoms with Gasteiger partial charge in [-0.25, -0.2) is 0 Å². The molecule has 3 nitrogen and oxygen atoms in total. The van der Waals surface area contributed by atoms with Gasteiger partial charge in [0.2, 0.25) is 0 Å². The van der Waals surface area contributed by atoms with Crippen molar-refractivity contribution >= 4 is 0 Å². The first kappa shape index (κ1) is 13.7. The second kappa shape index (κ2) is 5.10. The highest BCUT2D eigenvalue weighted by molar-refractivity contribution is 5.73. The molecule has 0 bridgehead atoms. The fourth-order valence-electron chi connectivity index (χ4n) is 2.58. The molecule has 1 aromatic carbocycles. The van der Waals surface area contributed by atoms with E-state index in [1.807, 2.05) is 26.1 Å². The number of rotatable bonds is 3. The van der Waals surface area contributed by atoms with Crippen LogP contribution in [0.4, 0.5) is 0 Å². The molecule has 1 N–H and O–H groups in total. The van der Waals surface area contributed by atoms with Gasteiger partial charge in [0.05, 0.1) is 19.4 Å². The van der Waals surface area contributed by atoms with Gasteiger partial charge >= 0.3 is 0 Å². The first-order chi connectivity index (χ1) is 8.99. The highest BCUT2D eigenvalue weighted by atomic mass is 16.5. The van der Waals surface area contributed by atoms with E-state index in [-0.39, 0.29) is 6.61 Å². The SMILES string of the molecule is COc1cc(C)cc(C)c1-c1cc(CO)c(C)n1C. The second-order valence-corrected chi connectivity index (χ2v) is 5.02. The van der Waals surface area contributed by atoms with Gasteiger partial charge in [-0.1, -0.05) is 6.07 Å². The fraction of sp³-hybridized carbons (Fsp3) is 0.375. The Bertz CT molecular complexity index is 612. The van der Waals surface area contributed by atoms with Crippen molar-refractivity contribution in [3.05, 3.63) is 40.6 Å². The Kier molecular flexibility index (Phi) is 3.67.